The van der Waals surface area contributed by atoms with Gasteiger partial charge in [0.1, 0.15) is 12.7 Å². The molecule has 1 aromatic rings. The van der Waals surface area contributed by atoms with Gasteiger partial charge in [0.15, 0.2) is 0 Å². The van der Waals surface area contributed by atoms with Crippen LogP contribution in [0.15, 0.2) is 36.4 Å². The summed E-state index contributed by atoms with van der Waals surface area (Å²) in [7, 11) is 1.29. The van der Waals surface area contributed by atoms with Crippen molar-refractivity contribution in [3.63, 3.8) is 0 Å². The Kier molecular flexibility index (Phi) is 5.44. The van der Waals surface area contributed by atoms with Crippen LogP contribution in [0.1, 0.15) is 11.7 Å². The summed E-state index contributed by atoms with van der Waals surface area (Å²) in [6.45, 7) is 3.75. The average Bonchev–Trinajstić information content (AvgIpc) is 2.39. The number of ether oxygens (including phenoxy) is 2. The number of hydrogen-bond donors (Lipinski definition) is 0. The molecule has 1 atom stereocenters. The van der Waals surface area contributed by atoms with Gasteiger partial charge in [0, 0.05) is 5.02 Å². The molecule has 3 nitrogen and oxygen atoms in total. The number of halogens is 1. The van der Waals surface area contributed by atoms with E-state index in [4.69, 9.17) is 22.8 Å². The molecular formula is C14H13ClO3. The highest BCUT2D eigenvalue weighted by Gasteiger charge is 2.22. The Hall–Kier alpha value is -1.76. The van der Waals surface area contributed by atoms with Gasteiger partial charge in [0.05, 0.1) is 12.7 Å². The van der Waals surface area contributed by atoms with Crippen LogP contribution >= 0.6 is 11.6 Å². The van der Waals surface area contributed by atoms with Crippen LogP contribution in [0.25, 0.3) is 0 Å². The van der Waals surface area contributed by atoms with E-state index in [-0.39, 0.29) is 12.2 Å². The molecule has 4 heteroatoms. The highest BCUT2D eigenvalue weighted by Crippen LogP contribution is 2.26. The lowest BCUT2D eigenvalue weighted by molar-refractivity contribution is -0.137. The Bertz CT molecular complexity index is 471. The molecular weight excluding hydrogens is 252 g/mol. The third kappa shape index (κ3) is 3.63. The molecule has 0 aliphatic rings. The van der Waals surface area contributed by atoms with E-state index in [1.54, 1.807) is 24.3 Å². The Morgan fingerprint density at radius 2 is 2.11 bits per heavy atom. The Morgan fingerprint density at radius 3 is 2.61 bits per heavy atom. The number of esters is 1. The van der Waals surface area contributed by atoms with Crippen molar-refractivity contribution in [1.29, 1.82) is 0 Å². The van der Waals surface area contributed by atoms with Crippen molar-refractivity contribution < 1.29 is 14.3 Å². The molecule has 0 amide bonds. The molecule has 0 aromatic heterocycles. The molecule has 94 valence electrons. The van der Waals surface area contributed by atoms with E-state index in [0.717, 1.165) is 5.56 Å². The van der Waals surface area contributed by atoms with Gasteiger partial charge in [-0.2, -0.15) is 0 Å². The van der Waals surface area contributed by atoms with E-state index < -0.39 is 12.1 Å². The number of benzene rings is 1. The van der Waals surface area contributed by atoms with Gasteiger partial charge in [0.2, 0.25) is 0 Å². The first-order valence-corrected chi connectivity index (χ1v) is 5.55. The summed E-state index contributed by atoms with van der Waals surface area (Å²) in [6, 6.07) is 6.90. The van der Waals surface area contributed by atoms with E-state index in [9.17, 15) is 4.79 Å². The normalized spacial score (nSPS) is 11.4. The molecule has 18 heavy (non-hydrogen) atoms. The van der Waals surface area contributed by atoms with Gasteiger partial charge in [-0.25, -0.2) is 4.79 Å². The maximum absolute atomic E-state index is 11.5. The molecule has 0 N–H and O–H groups in total. The molecule has 1 aromatic carbocycles. The van der Waals surface area contributed by atoms with Crippen LogP contribution < -0.4 is 0 Å². The number of methoxy groups -OCH3 is 1. The van der Waals surface area contributed by atoms with Crippen LogP contribution in [0.4, 0.5) is 0 Å². The number of carbonyl (C=O) groups excluding carboxylic acids is 1. The summed E-state index contributed by atoms with van der Waals surface area (Å²) in [5.41, 5.74) is 0.931. The SMILES string of the molecule is C#CCOC(C(=C)C(=O)OC)c1ccc(Cl)cc1. The molecule has 0 heterocycles. The second-order valence-electron chi connectivity index (χ2n) is 3.46. The van der Waals surface area contributed by atoms with Gasteiger partial charge in [0.25, 0.3) is 0 Å². The van der Waals surface area contributed by atoms with Crippen molar-refractivity contribution in [3.05, 3.63) is 47.0 Å². The van der Waals surface area contributed by atoms with Crippen LogP contribution in [0, 0.1) is 12.3 Å². The van der Waals surface area contributed by atoms with Crippen LogP contribution in [0.2, 0.25) is 5.02 Å². The van der Waals surface area contributed by atoms with Crippen molar-refractivity contribution in [2.45, 2.75) is 6.10 Å². The lowest BCUT2D eigenvalue weighted by atomic mass is 10.0. The van der Waals surface area contributed by atoms with Gasteiger partial charge in [-0.05, 0) is 17.7 Å². The predicted octanol–water partition coefficient (Wildman–Crippen LogP) is 2.76. The van der Waals surface area contributed by atoms with Gasteiger partial charge in [-0.3, -0.25) is 0 Å². The molecule has 0 aliphatic carbocycles. The molecule has 1 unspecified atom stereocenters. The third-order valence-electron chi connectivity index (χ3n) is 2.27. The van der Waals surface area contributed by atoms with E-state index in [2.05, 4.69) is 17.2 Å². The molecule has 1 rings (SSSR count). The zero-order valence-corrected chi connectivity index (χ0v) is 10.7. The zero-order chi connectivity index (χ0) is 13.5. The number of rotatable bonds is 5. The van der Waals surface area contributed by atoms with Crippen molar-refractivity contribution >= 4 is 17.6 Å². The molecule has 0 radical (unpaired) electrons. The maximum atomic E-state index is 11.5. The minimum absolute atomic E-state index is 0.0727. The Labute approximate surface area is 111 Å². The first kappa shape index (κ1) is 14.3. The van der Waals surface area contributed by atoms with Gasteiger partial charge < -0.3 is 9.47 Å². The fourth-order valence-electron chi connectivity index (χ4n) is 1.41. The topological polar surface area (TPSA) is 35.5 Å². The van der Waals surface area contributed by atoms with Crippen molar-refractivity contribution in [3.8, 4) is 12.3 Å². The van der Waals surface area contributed by atoms with Gasteiger partial charge in [-0.15, -0.1) is 6.42 Å². The first-order valence-electron chi connectivity index (χ1n) is 5.17. The van der Waals surface area contributed by atoms with Crippen molar-refractivity contribution in [2.24, 2.45) is 0 Å². The zero-order valence-electron chi connectivity index (χ0n) is 9.98. The summed E-state index contributed by atoms with van der Waals surface area (Å²) in [4.78, 5) is 11.5. The van der Waals surface area contributed by atoms with Gasteiger partial charge in [-0.1, -0.05) is 36.2 Å². The number of terminal acetylenes is 1. The second kappa shape index (κ2) is 6.85. The summed E-state index contributed by atoms with van der Waals surface area (Å²) in [5.74, 6) is 1.81. The molecule has 0 saturated carbocycles. The standard InChI is InChI=1S/C14H13ClO3/c1-4-9-18-13(10(2)14(16)17-3)11-5-7-12(15)8-6-11/h1,5-8,13H,2,9H2,3H3. The fourth-order valence-corrected chi connectivity index (χ4v) is 1.53. The summed E-state index contributed by atoms with van der Waals surface area (Å²) in [5, 5.41) is 0.595. The Morgan fingerprint density at radius 1 is 1.50 bits per heavy atom. The lowest BCUT2D eigenvalue weighted by Crippen LogP contribution is -2.15. The highest BCUT2D eigenvalue weighted by molar-refractivity contribution is 6.30. The quantitative estimate of drug-likeness (QED) is 0.466. The van der Waals surface area contributed by atoms with E-state index in [1.807, 2.05) is 0 Å². The molecule has 0 spiro atoms. The van der Waals surface area contributed by atoms with Crippen molar-refractivity contribution in [2.75, 3.05) is 13.7 Å². The van der Waals surface area contributed by atoms with Crippen LogP contribution in [-0.4, -0.2) is 19.7 Å². The van der Waals surface area contributed by atoms with Crippen LogP contribution in [0.5, 0.6) is 0 Å². The second-order valence-corrected chi connectivity index (χ2v) is 3.90. The number of hydrogen-bond acceptors (Lipinski definition) is 3. The minimum Gasteiger partial charge on any atom is -0.466 e. The average molecular weight is 265 g/mol. The Balaban J connectivity index is 2.98. The molecule has 0 aliphatic heterocycles. The monoisotopic (exact) mass is 264 g/mol. The highest BCUT2D eigenvalue weighted by atomic mass is 35.5. The smallest absolute Gasteiger partial charge is 0.336 e. The first-order chi connectivity index (χ1) is 8.60. The third-order valence-corrected chi connectivity index (χ3v) is 2.52. The van der Waals surface area contributed by atoms with E-state index in [0.29, 0.717) is 5.02 Å². The van der Waals surface area contributed by atoms with E-state index in [1.165, 1.54) is 7.11 Å². The minimum atomic E-state index is -0.634. The number of carbonyl (C=O) groups is 1. The van der Waals surface area contributed by atoms with E-state index >= 15 is 0 Å². The predicted molar refractivity (Wildman–Crippen MR) is 70.1 cm³/mol. The van der Waals surface area contributed by atoms with Crippen molar-refractivity contribution in [1.82, 2.24) is 0 Å². The van der Waals surface area contributed by atoms with Gasteiger partial charge >= 0.3 is 5.97 Å². The molecule has 0 bridgehead atoms. The summed E-state index contributed by atoms with van der Waals surface area (Å²) >= 11 is 5.80. The molecule has 0 saturated heterocycles. The van der Waals surface area contributed by atoms with Crippen LogP contribution in [-0.2, 0) is 14.3 Å². The maximum Gasteiger partial charge on any atom is 0.336 e. The lowest BCUT2D eigenvalue weighted by Gasteiger charge is -2.18. The fraction of sp³-hybridized carbons (Fsp3) is 0.214. The molecule has 0 fully saturated rings. The summed E-state index contributed by atoms with van der Waals surface area (Å²) in [6.07, 6.45) is 4.51. The summed E-state index contributed by atoms with van der Waals surface area (Å²) < 4.78 is 10.0. The largest absolute Gasteiger partial charge is 0.466 e. The van der Waals surface area contributed by atoms with Crippen LogP contribution in [0.3, 0.4) is 0 Å².